The molecule has 3 aromatic carbocycles. The summed E-state index contributed by atoms with van der Waals surface area (Å²) in [4.78, 5) is 31.4. The molecule has 0 spiro atoms. The van der Waals surface area contributed by atoms with Gasteiger partial charge < -0.3 is 11.1 Å². The van der Waals surface area contributed by atoms with E-state index < -0.39 is 5.91 Å². The van der Waals surface area contributed by atoms with E-state index in [1.54, 1.807) is 29.2 Å². The molecule has 3 aromatic rings. The molecular formula is C32H40N6O2S+2. The van der Waals surface area contributed by atoms with E-state index in [-0.39, 0.29) is 12.0 Å². The van der Waals surface area contributed by atoms with Crippen molar-refractivity contribution in [1.82, 2.24) is 0 Å². The molecule has 0 aromatic heterocycles. The second-order valence-corrected chi connectivity index (χ2v) is 12.4. The second kappa shape index (κ2) is 14.6. The smallest absolute Gasteiger partial charge is 0.326 e. The van der Waals surface area contributed by atoms with Gasteiger partial charge in [-0.1, -0.05) is 55.7 Å². The highest BCUT2D eigenvalue weighted by Gasteiger charge is 2.20. The standard InChI is InChI=1S/C32H38N6O2S/c1-22(2)41-21-24-7-6-10-28(19-24)35-32(40)38(29-17-15-26(16-18-29)25-8-4-3-5-9-25)20-23-11-13-27(14-12-23)30(39)36-31(33)37-34/h6-7,10-19,22,25,34H,3-5,8-9,20-21H2,1-2H3,(H,35,40)(H2,33,36,39)/p+2. The number of nitrogens with one attached hydrogen (secondary N) is 1. The molecule has 0 unspecified atom stereocenters. The number of amides is 3. The van der Waals surface area contributed by atoms with Crippen molar-refractivity contribution in [2.45, 2.75) is 69.4 Å². The molecule has 3 amide bonds. The maximum Gasteiger partial charge on any atom is 0.326 e. The Kier molecular flexibility index (Phi) is 10.7. The fraction of sp³-hybridized carbons (Fsp3) is 0.344. The van der Waals surface area contributed by atoms with Gasteiger partial charge in [0.05, 0.1) is 6.54 Å². The first-order valence-electron chi connectivity index (χ1n) is 14.1. The number of carbonyl (C=O) groups is 2. The summed E-state index contributed by atoms with van der Waals surface area (Å²) in [6.07, 6.45) is 6.29. The Balaban J connectivity index is 1.56. The monoisotopic (exact) mass is 572 g/mol. The van der Waals surface area contributed by atoms with Crippen molar-refractivity contribution in [2.75, 3.05) is 10.2 Å². The maximum absolute atomic E-state index is 13.7. The van der Waals surface area contributed by atoms with Crippen LogP contribution < -0.4 is 21.5 Å². The molecule has 4 rings (SSSR count). The minimum atomic E-state index is -0.534. The Hall–Kier alpha value is -3.98. The molecule has 214 valence electrons. The van der Waals surface area contributed by atoms with Crippen LogP contribution in [0.3, 0.4) is 0 Å². The number of aliphatic imine (C=N–C) groups is 1. The van der Waals surface area contributed by atoms with Crippen molar-refractivity contribution in [3.8, 4) is 0 Å². The zero-order chi connectivity index (χ0) is 29.2. The summed E-state index contributed by atoms with van der Waals surface area (Å²) >= 11 is 1.35. The van der Waals surface area contributed by atoms with E-state index in [0.717, 1.165) is 22.7 Å². The van der Waals surface area contributed by atoms with Crippen molar-refractivity contribution in [2.24, 2.45) is 15.8 Å². The normalized spacial score (nSPS) is 14.1. The van der Waals surface area contributed by atoms with Gasteiger partial charge in [0.15, 0.2) is 0 Å². The largest absolute Gasteiger partial charge is 0.363 e. The Morgan fingerprint density at radius 2 is 1.71 bits per heavy atom. The zero-order valence-electron chi connectivity index (χ0n) is 23.8. The Bertz CT molecular complexity index is 1370. The van der Waals surface area contributed by atoms with Crippen molar-refractivity contribution in [1.29, 1.82) is 0 Å². The molecule has 1 aliphatic rings. The molecule has 0 aliphatic heterocycles. The predicted molar refractivity (Wildman–Crippen MR) is 168 cm³/mol. The lowest BCUT2D eigenvalue weighted by molar-refractivity contribution is -0.207. The first-order valence-corrected chi connectivity index (χ1v) is 15.3. The molecule has 5 N–H and O–H groups in total. The number of thiol groups is 1. The van der Waals surface area contributed by atoms with Crippen molar-refractivity contribution in [3.05, 3.63) is 95.1 Å². The molecule has 8 nitrogen and oxygen atoms in total. The highest BCUT2D eigenvalue weighted by molar-refractivity contribution is 7.78. The molecule has 41 heavy (non-hydrogen) atoms. The Labute approximate surface area is 246 Å². The summed E-state index contributed by atoms with van der Waals surface area (Å²) in [7, 11) is 0. The molecule has 0 saturated heterocycles. The van der Waals surface area contributed by atoms with Crippen LogP contribution in [-0.4, -0.2) is 23.1 Å². The number of anilines is 2. The fourth-order valence-corrected chi connectivity index (χ4v) is 5.77. The quantitative estimate of drug-likeness (QED) is 0.105. The number of urea groups is 1. The van der Waals surface area contributed by atoms with Crippen LogP contribution in [-0.2, 0) is 24.1 Å². The van der Waals surface area contributed by atoms with Crippen LogP contribution in [0.5, 0.6) is 0 Å². The number of rotatable bonds is 9. The zero-order valence-corrected chi connectivity index (χ0v) is 24.7. The minimum absolute atomic E-state index is 0.226. The number of nitrogens with zero attached hydrogens (tertiary/aromatic N) is 3. The summed E-state index contributed by atoms with van der Waals surface area (Å²) in [6.45, 7) is 4.72. The summed E-state index contributed by atoms with van der Waals surface area (Å²) in [6, 6.07) is 23.1. The average molecular weight is 573 g/mol. The lowest BCUT2D eigenvalue weighted by Crippen LogP contribution is -2.34. The van der Waals surface area contributed by atoms with Crippen molar-refractivity contribution >= 4 is 41.0 Å². The van der Waals surface area contributed by atoms with E-state index in [4.69, 9.17) is 11.3 Å². The third-order valence-electron chi connectivity index (χ3n) is 7.23. The second-order valence-electron chi connectivity index (χ2n) is 10.7. The van der Waals surface area contributed by atoms with E-state index >= 15 is 0 Å². The SMILES string of the molecule is CC(C)[SH+]Cc1cccc(NC(=O)N(Cc2ccc(C(=O)N=C(N)N=[NH2+])cc2)c2ccc(C3CCCCC3)cc2)c1. The Morgan fingerprint density at radius 3 is 2.37 bits per heavy atom. The number of hydrogen-bond acceptors (Lipinski definition) is 2. The van der Waals surface area contributed by atoms with Crippen LogP contribution in [0.2, 0.25) is 0 Å². The Morgan fingerprint density at radius 1 is 1.00 bits per heavy atom. The van der Waals surface area contributed by atoms with E-state index in [0.29, 0.717) is 23.3 Å². The predicted octanol–water partition coefficient (Wildman–Crippen LogP) is 5.36. The highest BCUT2D eigenvalue weighted by Crippen LogP contribution is 2.33. The summed E-state index contributed by atoms with van der Waals surface area (Å²) in [5.41, 5.74) is 15.8. The number of guanidine groups is 1. The van der Waals surface area contributed by atoms with E-state index in [1.165, 1.54) is 55.0 Å². The lowest BCUT2D eigenvalue weighted by Gasteiger charge is -2.26. The van der Waals surface area contributed by atoms with Crippen molar-refractivity contribution < 1.29 is 15.1 Å². The number of carbonyl (C=O) groups excluding carboxylic acids is 2. The van der Waals surface area contributed by atoms with E-state index in [2.05, 4.69) is 47.5 Å². The van der Waals surface area contributed by atoms with Gasteiger partial charge in [0.2, 0.25) is 0 Å². The molecule has 1 fully saturated rings. The third kappa shape index (κ3) is 8.75. The van der Waals surface area contributed by atoms with Gasteiger partial charge in [-0.2, -0.15) is 4.99 Å². The van der Waals surface area contributed by atoms with Gasteiger partial charge in [-0.05, 0) is 91.9 Å². The van der Waals surface area contributed by atoms with Crippen LogP contribution >= 0.6 is 0 Å². The lowest BCUT2D eigenvalue weighted by atomic mass is 9.84. The first-order chi connectivity index (χ1) is 19.8. The molecule has 1 saturated carbocycles. The molecular weight excluding hydrogens is 532 g/mol. The first kappa shape index (κ1) is 30.0. The molecule has 0 heterocycles. The van der Waals surface area contributed by atoms with Gasteiger partial charge in [0.25, 0.3) is 11.9 Å². The highest BCUT2D eigenvalue weighted by atomic mass is 32.2. The van der Waals surface area contributed by atoms with Crippen molar-refractivity contribution in [3.63, 3.8) is 0 Å². The van der Waals surface area contributed by atoms with Gasteiger partial charge in [0, 0.05) is 27.6 Å². The van der Waals surface area contributed by atoms with Gasteiger partial charge in [0.1, 0.15) is 11.0 Å². The number of benzene rings is 3. The maximum atomic E-state index is 13.7. The summed E-state index contributed by atoms with van der Waals surface area (Å²) in [5.74, 6) is 0.703. The van der Waals surface area contributed by atoms with Crippen LogP contribution in [0.1, 0.15) is 78.9 Å². The van der Waals surface area contributed by atoms with Crippen LogP contribution in [0.15, 0.2) is 82.9 Å². The van der Waals surface area contributed by atoms with Crippen LogP contribution in [0.4, 0.5) is 16.2 Å². The van der Waals surface area contributed by atoms with Gasteiger partial charge in [-0.3, -0.25) is 9.69 Å². The number of nitrogens with two attached hydrogens (primary N) is 2. The van der Waals surface area contributed by atoms with Crippen LogP contribution in [0.25, 0.3) is 0 Å². The summed E-state index contributed by atoms with van der Waals surface area (Å²) < 4.78 is 0. The molecule has 1 aliphatic carbocycles. The van der Waals surface area contributed by atoms with E-state index in [9.17, 15) is 9.59 Å². The third-order valence-corrected chi connectivity index (χ3v) is 8.51. The summed E-state index contributed by atoms with van der Waals surface area (Å²) in [5, 5.41) is 6.90. The topological polar surface area (TPSA) is 126 Å². The van der Waals surface area contributed by atoms with E-state index in [1.807, 2.05) is 30.3 Å². The van der Waals surface area contributed by atoms with Crippen LogP contribution in [0, 0.1) is 0 Å². The van der Waals surface area contributed by atoms with Gasteiger partial charge >= 0.3 is 6.03 Å². The minimum Gasteiger partial charge on any atom is -0.363 e. The molecule has 0 bridgehead atoms. The fourth-order valence-electron chi connectivity index (χ4n) is 5.00. The van der Waals surface area contributed by atoms with Gasteiger partial charge in [-0.15, -0.1) is 5.53 Å². The molecule has 9 heteroatoms. The average Bonchev–Trinajstić information content (AvgIpc) is 2.99. The molecule has 0 radical (unpaired) electrons. The molecule has 0 atom stereocenters. The number of hydrogen-bond donors (Lipinski definition) is 3. The van der Waals surface area contributed by atoms with Gasteiger partial charge in [-0.25, -0.2) is 4.79 Å².